The molecule has 2 aromatic rings. The highest BCUT2D eigenvalue weighted by atomic mass is 16.6. The number of hydrogen-bond acceptors (Lipinski definition) is 7. The van der Waals surface area contributed by atoms with E-state index in [2.05, 4.69) is 11.9 Å². The lowest BCUT2D eigenvalue weighted by Crippen LogP contribution is -2.54. The minimum atomic E-state index is -1.02. The molecule has 0 saturated carbocycles. The minimum Gasteiger partial charge on any atom is -0.504 e. The number of carbonyl (C=O) groups excluding carboxylic acids is 3. The van der Waals surface area contributed by atoms with Crippen LogP contribution in [0.5, 0.6) is 11.5 Å². The number of phenolic OH excluding ortho intramolecular Hbond substituents is 1. The second kappa shape index (κ2) is 9.13. The largest absolute Gasteiger partial charge is 0.504 e. The van der Waals surface area contributed by atoms with Gasteiger partial charge in [0.15, 0.2) is 11.5 Å². The number of nitrogens with one attached hydrogen (secondary N) is 1. The number of amides is 4. The maximum atomic E-state index is 13.0. The number of nitro benzene ring substituents is 1. The molecule has 1 aliphatic rings. The quantitative estimate of drug-likeness (QED) is 0.223. The van der Waals surface area contributed by atoms with Gasteiger partial charge in [-0.2, -0.15) is 0 Å². The van der Waals surface area contributed by atoms with Crippen molar-refractivity contribution in [2.75, 3.05) is 11.5 Å². The van der Waals surface area contributed by atoms with Crippen LogP contribution in [0.1, 0.15) is 18.1 Å². The monoisotopic (exact) mass is 437 g/mol. The molecule has 0 spiro atoms. The molecule has 2 aromatic carbocycles. The van der Waals surface area contributed by atoms with Gasteiger partial charge >= 0.3 is 6.03 Å². The molecule has 4 amide bonds. The Morgan fingerprint density at radius 3 is 2.66 bits per heavy atom. The van der Waals surface area contributed by atoms with Crippen molar-refractivity contribution < 1.29 is 29.2 Å². The van der Waals surface area contributed by atoms with Crippen LogP contribution in [0.4, 0.5) is 16.2 Å². The highest BCUT2D eigenvalue weighted by Gasteiger charge is 2.37. The Hall–Kier alpha value is -4.47. The summed E-state index contributed by atoms with van der Waals surface area (Å²) in [5, 5.41) is 23.4. The lowest BCUT2D eigenvalue weighted by atomic mass is 10.0. The van der Waals surface area contributed by atoms with E-state index in [4.69, 9.17) is 4.74 Å². The van der Waals surface area contributed by atoms with E-state index in [0.717, 1.165) is 6.07 Å². The Balaban J connectivity index is 2.07. The number of barbiturate groups is 1. The Bertz CT molecular complexity index is 1170. The summed E-state index contributed by atoms with van der Waals surface area (Å²) in [7, 11) is 0. The lowest BCUT2D eigenvalue weighted by molar-refractivity contribution is -0.384. The Morgan fingerprint density at radius 2 is 2.00 bits per heavy atom. The summed E-state index contributed by atoms with van der Waals surface area (Å²) in [4.78, 5) is 48.8. The second-order valence-corrected chi connectivity index (χ2v) is 6.69. The van der Waals surface area contributed by atoms with Gasteiger partial charge in [0.05, 0.1) is 17.2 Å². The van der Waals surface area contributed by atoms with Crippen molar-refractivity contribution in [2.24, 2.45) is 0 Å². The molecule has 1 heterocycles. The molecule has 1 aliphatic heterocycles. The first kappa shape index (κ1) is 22.2. The third-order valence-corrected chi connectivity index (χ3v) is 4.55. The molecule has 3 rings (SSSR count). The van der Waals surface area contributed by atoms with Crippen LogP contribution < -0.4 is 15.0 Å². The van der Waals surface area contributed by atoms with Crippen molar-refractivity contribution in [3.05, 3.63) is 75.9 Å². The second-order valence-electron chi connectivity index (χ2n) is 6.69. The molecule has 0 unspecified atom stereocenters. The summed E-state index contributed by atoms with van der Waals surface area (Å²) < 4.78 is 5.42. The molecule has 0 radical (unpaired) electrons. The number of rotatable bonds is 7. The fourth-order valence-corrected chi connectivity index (χ4v) is 3.15. The van der Waals surface area contributed by atoms with Crippen LogP contribution in [-0.2, 0) is 16.0 Å². The van der Waals surface area contributed by atoms with E-state index in [1.165, 1.54) is 30.3 Å². The van der Waals surface area contributed by atoms with E-state index in [9.17, 15) is 29.6 Å². The molecule has 0 aliphatic carbocycles. The SMILES string of the molecule is C=CCc1cc(/C=C2\C(=O)NC(=O)N(c3cccc([N+](=O)[O-])c3)C2=O)cc(OCC)c1O. The first-order valence-electron chi connectivity index (χ1n) is 9.52. The number of allylic oxidation sites excluding steroid dienone is 1. The minimum absolute atomic E-state index is 0.0619. The fraction of sp³-hybridized carbons (Fsp3) is 0.136. The summed E-state index contributed by atoms with van der Waals surface area (Å²) in [6, 6.07) is 6.92. The first-order valence-corrected chi connectivity index (χ1v) is 9.52. The van der Waals surface area contributed by atoms with Crippen molar-refractivity contribution >= 4 is 35.3 Å². The van der Waals surface area contributed by atoms with E-state index in [-0.39, 0.29) is 35.1 Å². The van der Waals surface area contributed by atoms with E-state index < -0.39 is 22.8 Å². The number of non-ortho nitro benzene ring substituents is 1. The third-order valence-electron chi connectivity index (χ3n) is 4.55. The van der Waals surface area contributed by atoms with E-state index >= 15 is 0 Å². The molecule has 0 bridgehead atoms. The molecule has 1 saturated heterocycles. The molecule has 10 nitrogen and oxygen atoms in total. The van der Waals surface area contributed by atoms with Gasteiger partial charge in [-0.25, -0.2) is 9.69 Å². The van der Waals surface area contributed by atoms with Gasteiger partial charge in [0.25, 0.3) is 17.5 Å². The van der Waals surface area contributed by atoms with Crippen LogP contribution in [0.2, 0.25) is 0 Å². The average molecular weight is 437 g/mol. The Labute approximate surface area is 182 Å². The molecular formula is C22H19N3O7. The summed E-state index contributed by atoms with van der Waals surface area (Å²) in [6.45, 7) is 5.64. The highest BCUT2D eigenvalue weighted by molar-refractivity contribution is 6.39. The van der Waals surface area contributed by atoms with Gasteiger partial charge in [0.2, 0.25) is 0 Å². The number of urea groups is 1. The fourth-order valence-electron chi connectivity index (χ4n) is 3.15. The maximum Gasteiger partial charge on any atom is 0.335 e. The predicted molar refractivity (Wildman–Crippen MR) is 115 cm³/mol. The number of carbonyl (C=O) groups is 3. The van der Waals surface area contributed by atoms with Crippen molar-refractivity contribution in [3.8, 4) is 11.5 Å². The number of anilines is 1. The number of nitrogens with zero attached hydrogens (tertiary/aromatic N) is 2. The molecule has 1 fully saturated rings. The van der Waals surface area contributed by atoms with Crippen LogP contribution >= 0.6 is 0 Å². The number of phenols is 1. The van der Waals surface area contributed by atoms with Crippen molar-refractivity contribution in [1.29, 1.82) is 0 Å². The van der Waals surface area contributed by atoms with Crippen LogP contribution in [0.15, 0.2) is 54.6 Å². The molecule has 0 atom stereocenters. The van der Waals surface area contributed by atoms with Crippen LogP contribution in [0.25, 0.3) is 6.08 Å². The topological polar surface area (TPSA) is 139 Å². The molecule has 2 N–H and O–H groups in total. The van der Waals surface area contributed by atoms with Gasteiger partial charge in [-0.3, -0.25) is 25.0 Å². The Morgan fingerprint density at radius 1 is 1.25 bits per heavy atom. The van der Waals surface area contributed by atoms with Crippen LogP contribution in [-0.4, -0.2) is 34.5 Å². The number of benzene rings is 2. The molecular weight excluding hydrogens is 418 g/mol. The molecule has 0 aromatic heterocycles. The summed E-state index contributed by atoms with van der Waals surface area (Å²) >= 11 is 0. The summed E-state index contributed by atoms with van der Waals surface area (Å²) in [6.07, 6.45) is 3.13. The highest BCUT2D eigenvalue weighted by Crippen LogP contribution is 2.34. The zero-order chi connectivity index (χ0) is 23.4. The smallest absolute Gasteiger partial charge is 0.335 e. The number of nitro groups is 1. The number of aromatic hydroxyl groups is 1. The van der Waals surface area contributed by atoms with Gasteiger partial charge in [-0.1, -0.05) is 12.1 Å². The normalized spacial score (nSPS) is 15.0. The summed E-state index contributed by atoms with van der Waals surface area (Å²) in [5.74, 6) is -1.79. The third kappa shape index (κ3) is 4.33. The van der Waals surface area contributed by atoms with Crippen molar-refractivity contribution in [3.63, 3.8) is 0 Å². The maximum absolute atomic E-state index is 13.0. The van der Waals surface area contributed by atoms with E-state index in [0.29, 0.717) is 22.4 Å². The van der Waals surface area contributed by atoms with E-state index in [1.54, 1.807) is 19.1 Å². The molecule has 32 heavy (non-hydrogen) atoms. The zero-order valence-corrected chi connectivity index (χ0v) is 17.0. The standard InChI is InChI=1S/C22H19N3O7/c1-3-6-14-9-13(11-18(19(14)26)32-4-2)10-17-20(27)23-22(29)24(21(17)28)15-7-5-8-16(12-15)25(30)31/h3,5,7-12,26H,1,4,6H2,2H3,(H,23,27,29)/b17-10+. The number of ether oxygens (including phenoxy) is 1. The zero-order valence-electron chi connectivity index (χ0n) is 17.0. The van der Waals surface area contributed by atoms with Gasteiger partial charge < -0.3 is 9.84 Å². The van der Waals surface area contributed by atoms with E-state index in [1.807, 2.05) is 0 Å². The molecule has 164 valence electrons. The average Bonchev–Trinajstić information content (AvgIpc) is 2.74. The van der Waals surface area contributed by atoms with Crippen molar-refractivity contribution in [2.45, 2.75) is 13.3 Å². The van der Waals surface area contributed by atoms with Crippen LogP contribution in [0, 0.1) is 10.1 Å². The first-order chi connectivity index (χ1) is 15.3. The number of imide groups is 2. The van der Waals surface area contributed by atoms with Crippen LogP contribution in [0.3, 0.4) is 0 Å². The molecule has 10 heteroatoms. The lowest BCUT2D eigenvalue weighted by Gasteiger charge is -2.26. The number of hydrogen-bond donors (Lipinski definition) is 2. The van der Waals surface area contributed by atoms with Gasteiger partial charge in [-0.05, 0) is 43.2 Å². The Kier molecular flexibility index (Phi) is 6.34. The predicted octanol–water partition coefficient (Wildman–Crippen LogP) is 3.09. The van der Waals surface area contributed by atoms with Gasteiger partial charge in [0, 0.05) is 17.7 Å². The van der Waals surface area contributed by atoms with Crippen molar-refractivity contribution in [1.82, 2.24) is 5.32 Å². The van der Waals surface area contributed by atoms with Gasteiger partial charge in [0.1, 0.15) is 5.57 Å². The van der Waals surface area contributed by atoms with Gasteiger partial charge in [-0.15, -0.1) is 6.58 Å². The summed E-state index contributed by atoms with van der Waals surface area (Å²) in [5.41, 5.74) is 0.0875.